The smallest absolute Gasteiger partial charge is 0.258 e. The lowest BCUT2D eigenvalue weighted by Crippen LogP contribution is -2.13. The van der Waals surface area contributed by atoms with Gasteiger partial charge in [-0.15, -0.1) is 0 Å². The molecule has 2 aromatic carbocycles. The van der Waals surface area contributed by atoms with Gasteiger partial charge in [-0.2, -0.15) is 0 Å². The van der Waals surface area contributed by atoms with Gasteiger partial charge in [0.1, 0.15) is 17.9 Å². The number of hydrogen-bond donors (Lipinski definition) is 1. The molecule has 4 rings (SSSR count). The fourth-order valence-electron chi connectivity index (χ4n) is 2.77. The summed E-state index contributed by atoms with van der Waals surface area (Å²) >= 11 is 12.6. The number of nitrogens with zero attached hydrogens (tertiary/aromatic N) is 2. The molecular weight excluding hydrogens is 373 g/mol. The lowest BCUT2D eigenvalue weighted by atomic mass is 10.2. The summed E-state index contributed by atoms with van der Waals surface area (Å²) in [5, 5.41) is 2.13. The minimum absolute atomic E-state index is 0.0478. The number of H-pyrrole nitrogens is 1. The molecule has 1 N–H and O–H groups in total. The molecule has 130 valence electrons. The van der Waals surface area contributed by atoms with Crippen LogP contribution in [-0.4, -0.2) is 15.0 Å². The summed E-state index contributed by atoms with van der Waals surface area (Å²) in [4.78, 5) is 23.8. The first kappa shape index (κ1) is 16.8. The molecule has 2 aromatic heterocycles. The van der Waals surface area contributed by atoms with Crippen molar-refractivity contribution in [2.24, 2.45) is 0 Å². The Hall–Kier alpha value is -2.63. The van der Waals surface area contributed by atoms with Crippen LogP contribution in [0.25, 0.3) is 21.8 Å². The lowest BCUT2D eigenvalue weighted by Gasteiger charge is -2.12. The van der Waals surface area contributed by atoms with E-state index in [0.29, 0.717) is 38.0 Å². The average molecular weight is 386 g/mol. The molecule has 5 nitrogen and oxygen atoms in total. The summed E-state index contributed by atoms with van der Waals surface area (Å²) < 4.78 is 5.86. The average Bonchev–Trinajstić information content (AvgIpc) is 2.61. The van der Waals surface area contributed by atoms with Crippen molar-refractivity contribution in [1.82, 2.24) is 15.0 Å². The van der Waals surface area contributed by atoms with Crippen molar-refractivity contribution in [3.63, 3.8) is 0 Å². The van der Waals surface area contributed by atoms with E-state index >= 15 is 0 Å². The standard InChI is InChI=1S/C19H13Cl2N3O2/c1-10-6-7-11-13(20)8-14(21)18(17(11)22-10)26-9-16-23-15-5-3-2-4-12(15)19(25)24-16/h2-8H,9H2,1H3,(H,23,24,25). The van der Waals surface area contributed by atoms with Crippen molar-refractivity contribution in [1.29, 1.82) is 0 Å². The molecule has 0 aliphatic carbocycles. The Balaban J connectivity index is 1.75. The number of halogens is 2. The van der Waals surface area contributed by atoms with E-state index in [0.717, 1.165) is 11.1 Å². The second-order valence-corrected chi connectivity index (χ2v) is 6.65. The first-order chi connectivity index (χ1) is 12.5. The number of ether oxygens (including phenoxy) is 1. The molecule has 7 heteroatoms. The van der Waals surface area contributed by atoms with E-state index in [9.17, 15) is 4.79 Å². The van der Waals surface area contributed by atoms with Crippen molar-refractivity contribution in [3.05, 3.63) is 74.4 Å². The van der Waals surface area contributed by atoms with Crippen LogP contribution < -0.4 is 10.3 Å². The number of aromatic nitrogens is 3. The Kier molecular flexibility index (Phi) is 4.26. The largest absolute Gasteiger partial charge is 0.482 e. The fraction of sp³-hybridized carbons (Fsp3) is 0.105. The number of pyridine rings is 1. The number of benzene rings is 2. The maximum Gasteiger partial charge on any atom is 0.258 e. The number of hydrogen-bond acceptors (Lipinski definition) is 4. The normalized spacial score (nSPS) is 11.2. The van der Waals surface area contributed by atoms with Crippen LogP contribution in [0.4, 0.5) is 0 Å². The van der Waals surface area contributed by atoms with E-state index in [1.807, 2.05) is 25.1 Å². The Morgan fingerprint density at radius 3 is 2.69 bits per heavy atom. The van der Waals surface area contributed by atoms with Gasteiger partial charge in [0.25, 0.3) is 5.56 Å². The van der Waals surface area contributed by atoms with E-state index < -0.39 is 0 Å². The highest BCUT2D eigenvalue weighted by Crippen LogP contribution is 2.37. The van der Waals surface area contributed by atoms with Gasteiger partial charge in [-0.05, 0) is 37.3 Å². The third kappa shape index (κ3) is 3.00. The van der Waals surface area contributed by atoms with Crippen LogP contribution in [0, 0.1) is 6.92 Å². The predicted octanol–water partition coefficient (Wildman–Crippen LogP) is 4.67. The van der Waals surface area contributed by atoms with Gasteiger partial charge in [-0.25, -0.2) is 9.97 Å². The SMILES string of the molecule is Cc1ccc2c(Cl)cc(Cl)c(OCc3nc4ccccc4c(=O)[nH]3)c2n1. The van der Waals surface area contributed by atoms with Gasteiger partial charge in [-0.3, -0.25) is 4.79 Å². The maximum atomic E-state index is 12.2. The molecule has 0 fully saturated rings. The first-order valence-electron chi connectivity index (χ1n) is 7.89. The Morgan fingerprint density at radius 2 is 1.85 bits per heavy atom. The third-order valence-corrected chi connectivity index (χ3v) is 4.59. The summed E-state index contributed by atoms with van der Waals surface area (Å²) in [5.74, 6) is 0.811. The zero-order valence-corrected chi connectivity index (χ0v) is 15.2. The molecule has 0 aliphatic rings. The number of nitrogens with one attached hydrogen (secondary N) is 1. The molecule has 0 radical (unpaired) electrons. The zero-order valence-electron chi connectivity index (χ0n) is 13.7. The minimum Gasteiger partial charge on any atom is -0.482 e. The molecule has 0 unspecified atom stereocenters. The molecule has 0 amide bonds. The zero-order chi connectivity index (χ0) is 18.3. The summed E-state index contributed by atoms with van der Waals surface area (Å²) in [6.45, 7) is 1.92. The van der Waals surface area contributed by atoms with Crippen LogP contribution in [0.3, 0.4) is 0 Å². The van der Waals surface area contributed by atoms with Gasteiger partial charge in [0.15, 0.2) is 5.75 Å². The van der Waals surface area contributed by atoms with E-state index in [1.165, 1.54) is 0 Å². The second-order valence-electron chi connectivity index (χ2n) is 5.84. The number of rotatable bonds is 3. The molecule has 26 heavy (non-hydrogen) atoms. The van der Waals surface area contributed by atoms with Gasteiger partial charge in [-0.1, -0.05) is 35.3 Å². The van der Waals surface area contributed by atoms with Crippen molar-refractivity contribution >= 4 is 45.0 Å². The van der Waals surface area contributed by atoms with Gasteiger partial charge in [0, 0.05) is 11.1 Å². The highest BCUT2D eigenvalue weighted by Gasteiger charge is 2.14. The Bertz CT molecular complexity index is 1200. The quantitative estimate of drug-likeness (QED) is 0.556. The van der Waals surface area contributed by atoms with Crippen molar-refractivity contribution < 1.29 is 4.74 Å². The fourth-order valence-corrected chi connectivity index (χ4v) is 3.34. The summed E-state index contributed by atoms with van der Waals surface area (Å²) in [6.07, 6.45) is 0. The molecule has 0 saturated heterocycles. The number of fused-ring (bicyclic) bond motifs is 2. The van der Waals surface area contributed by atoms with E-state index in [2.05, 4.69) is 15.0 Å². The molecule has 0 atom stereocenters. The van der Waals surface area contributed by atoms with Crippen molar-refractivity contribution in [2.45, 2.75) is 13.5 Å². The molecular formula is C19H13Cl2N3O2. The summed E-state index contributed by atoms with van der Waals surface area (Å²) in [5.41, 5.74) is 1.79. The molecule has 2 heterocycles. The van der Waals surface area contributed by atoms with Crippen LogP contribution in [0.2, 0.25) is 10.0 Å². The first-order valence-corrected chi connectivity index (χ1v) is 8.64. The molecule has 0 spiro atoms. The van der Waals surface area contributed by atoms with Gasteiger partial charge in [0.05, 0.1) is 20.9 Å². The van der Waals surface area contributed by atoms with Crippen LogP contribution in [0.15, 0.2) is 47.3 Å². The van der Waals surface area contributed by atoms with Crippen LogP contribution in [-0.2, 0) is 6.61 Å². The molecule has 0 saturated carbocycles. The second kappa shape index (κ2) is 6.59. The number of aryl methyl sites for hydroxylation is 1. The number of aromatic amines is 1. The minimum atomic E-state index is -0.213. The predicted molar refractivity (Wildman–Crippen MR) is 103 cm³/mol. The topological polar surface area (TPSA) is 67.9 Å². The summed E-state index contributed by atoms with van der Waals surface area (Å²) in [6, 6.07) is 12.5. The van der Waals surface area contributed by atoms with Crippen LogP contribution in [0.5, 0.6) is 5.75 Å². The van der Waals surface area contributed by atoms with E-state index in [1.54, 1.807) is 24.3 Å². The third-order valence-electron chi connectivity index (χ3n) is 3.99. The monoisotopic (exact) mass is 385 g/mol. The lowest BCUT2D eigenvalue weighted by molar-refractivity contribution is 0.299. The Labute approximate surface area is 158 Å². The maximum absolute atomic E-state index is 12.2. The molecule has 0 aliphatic heterocycles. The van der Waals surface area contributed by atoms with Gasteiger partial charge < -0.3 is 9.72 Å². The Morgan fingerprint density at radius 1 is 1.04 bits per heavy atom. The van der Waals surface area contributed by atoms with Crippen LogP contribution in [0.1, 0.15) is 11.5 Å². The van der Waals surface area contributed by atoms with Crippen molar-refractivity contribution in [3.8, 4) is 5.75 Å². The summed E-state index contributed by atoms with van der Waals surface area (Å²) in [7, 11) is 0. The highest BCUT2D eigenvalue weighted by molar-refractivity contribution is 6.39. The van der Waals surface area contributed by atoms with Crippen molar-refractivity contribution in [2.75, 3.05) is 0 Å². The highest BCUT2D eigenvalue weighted by atomic mass is 35.5. The molecule has 4 aromatic rings. The number of para-hydroxylation sites is 1. The molecule has 0 bridgehead atoms. The van der Waals surface area contributed by atoms with E-state index in [-0.39, 0.29) is 12.2 Å². The van der Waals surface area contributed by atoms with E-state index in [4.69, 9.17) is 27.9 Å². The van der Waals surface area contributed by atoms with Gasteiger partial charge in [0.2, 0.25) is 0 Å². The van der Waals surface area contributed by atoms with Crippen LogP contribution >= 0.6 is 23.2 Å². The van der Waals surface area contributed by atoms with Gasteiger partial charge >= 0.3 is 0 Å².